The molecule has 21 heavy (non-hydrogen) atoms. The highest BCUT2D eigenvalue weighted by atomic mass is 16.5. The van der Waals surface area contributed by atoms with E-state index < -0.39 is 0 Å². The number of ether oxygens (including phenoxy) is 1. The lowest BCUT2D eigenvalue weighted by atomic mass is 10.2. The van der Waals surface area contributed by atoms with Gasteiger partial charge in [0.15, 0.2) is 6.61 Å². The Morgan fingerprint density at radius 1 is 1.33 bits per heavy atom. The van der Waals surface area contributed by atoms with Crippen LogP contribution in [0.1, 0.15) is 11.3 Å². The quantitative estimate of drug-likeness (QED) is 0.826. The number of hydrogen-bond acceptors (Lipinski definition) is 4. The minimum Gasteiger partial charge on any atom is -0.479 e. The van der Waals surface area contributed by atoms with Gasteiger partial charge in [0, 0.05) is 6.08 Å². The van der Waals surface area contributed by atoms with Gasteiger partial charge in [0.05, 0.1) is 12.8 Å². The molecular formula is C16H14N2O3. The van der Waals surface area contributed by atoms with Gasteiger partial charge < -0.3 is 14.5 Å². The summed E-state index contributed by atoms with van der Waals surface area (Å²) in [6.07, 6.45) is 4.72. The number of nitriles is 1. The van der Waals surface area contributed by atoms with Crippen LogP contribution in [0, 0.1) is 11.3 Å². The molecule has 1 heterocycles. The number of rotatable bonds is 6. The summed E-state index contributed by atoms with van der Waals surface area (Å²) in [5.74, 6) is 1.13. The van der Waals surface area contributed by atoms with Gasteiger partial charge in [0.1, 0.15) is 17.6 Å². The van der Waals surface area contributed by atoms with Crippen LogP contribution in [0.5, 0.6) is 5.75 Å². The summed E-state index contributed by atoms with van der Waals surface area (Å²) in [4.78, 5) is 11.6. The van der Waals surface area contributed by atoms with E-state index in [2.05, 4.69) is 5.32 Å². The third-order valence-corrected chi connectivity index (χ3v) is 2.63. The first-order valence-electron chi connectivity index (χ1n) is 6.36. The summed E-state index contributed by atoms with van der Waals surface area (Å²) in [7, 11) is 0. The molecule has 5 heteroatoms. The van der Waals surface area contributed by atoms with Crippen LogP contribution in [0.25, 0.3) is 6.08 Å². The topological polar surface area (TPSA) is 75.3 Å². The van der Waals surface area contributed by atoms with Gasteiger partial charge in [-0.15, -0.1) is 0 Å². The first-order valence-corrected chi connectivity index (χ1v) is 6.36. The van der Waals surface area contributed by atoms with Crippen molar-refractivity contribution in [3.63, 3.8) is 0 Å². The van der Waals surface area contributed by atoms with E-state index in [1.807, 2.05) is 18.2 Å². The van der Waals surface area contributed by atoms with Crippen molar-refractivity contribution in [3.8, 4) is 11.8 Å². The summed E-state index contributed by atoms with van der Waals surface area (Å²) >= 11 is 0. The molecule has 5 nitrogen and oxygen atoms in total. The molecule has 0 saturated heterocycles. The van der Waals surface area contributed by atoms with Gasteiger partial charge >= 0.3 is 0 Å². The van der Waals surface area contributed by atoms with E-state index in [4.69, 9.17) is 14.4 Å². The zero-order chi connectivity index (χ0) is 14.9. The van der Waals surface area contributed by atoms with Crippen molar-refractivity contribution < 1.29 is 13.9 Å². The summed E-state index contributed by atoms with van der Waals surface area (Å²) in [6.45, 7) is 0.376. The van der Waals surface area contributed by atoms with Gasteiger partial charge in [-0.1, -0.05) is 12.1 Å². The van der Waals surface area contributed by atoms with E-state index in [0.717, 1.165) is 5.56 Å². The second-order valence-corrected chi connectivity index (χ2v) is 4.15. The van der Waals surface area contributed by atoms with Crippen molar-refractivity contribution in [2.24, 2.45) is 0 Å². The Balaban J connectivity index is 1.82. The highest BCUT2D eigenvalue weighted by molar-refractivity contribution is 5.91. The normalized spacial score (nSPS) is 10.2. The number of carbonyl (C=O) groups excluding carboxylic acids is 1. The maximum atomic E-state index is 11.6. The van der Waals surface area contributed by atoms with Crippen molar-refractivity contribution >= 4 is 12.0 Å². The third-order valence-electron chi connectivity index (χ3n) is 2.63. The van der Waals surface area contributed by atoms with E-state index in [0.29, 0.717) is 18.1 Å². The Bertz CT molecular complexity index is 637. The molecule has 106 valence electrons. The fraction of sp³-hybridized carbons (Fsp3) is 0.125. The molecule has 1 amide bonds. The van der Waals surface area contributed by atoms with Crippen LogP contribution in [0.4, 0.5) is 0 Å². The molecule has 0 radical (unpaired) electrons. The number of carbonyl (C=O) groups is 1. The summed E-state index contributed by atoms with van der Waals surface area (Å²) < 4.78 is 10.3. The fourth-order valence-electron chi connectivity index (χ4n) is 1.61. The Morgan fingerprint density at radius 3 is 2.81 bits per heavy atom. The van der Waals surface area contributed by atoms with Crippen LogP contribution in [0.2, 0.25) is 0 Å². The van der Waals surface area contributed by atoms with Crippen LogP contribution in [0.15, 0.2) is 53.2 Å². The number of benzene rings is 1. The van der Waals surface area contributed by atoms with Gasteiger partial charge in [0.25, 0.3) is 0 Å². The smallest absolute Gasteiger partial charge is 0.244 e. The molecule has 0 atom stereocenters. The van der Waals surface area contributed by atoms with Crippen molar-refractivity contribution in [3.05, 3.63) is 60.1 Å². The van der Waals surface area contributed by atoms with Crippen molar-refractivity contribution in [2.75, 3.05) is 6.61 Å². The van der Waals surface area contributed by atoms with Gasteiger partial charge in [-0.2, -0.15) is 5.26 Å². The van der Waals surface area contributed by atoms with Crippen LogP contribution in [-0.4, -0.2) is 12.5 Å². The summed E-state index contributed by atoms with van der Waals surface area (Å²) in [6, 6.07) is 12.6. The zero-order valence-corrected chi connectivity index (χ0v) is 11.3. The van der Waals surface area contributed by atoms with E-state index >= 15 is 0 Å². The largest absolute Gasteiger partial charge is 0.479 e. The van der Waals surface area contributed by atoms with Crippen LogP contribution >= 0.6 is 0 Å². The molecule has 0 aliphatic heterocycles. The SMILES string of the molecule is N#CCOc1ccc(/C=C/C(=O)NCc2ccco2)cc1. The van der Waals surface area contributed by atoms with Crippen LogP contribution in [-0.2, 0) is 11.3 Å². The Kier molecular flexibility index (Phi) is 5.18. The first kappa shape index (κ1) is 14.4. The number of hydrogen-bond donors (Lipinski definition) is 1. The van der Waals surface area contributed by atoms with Crippen molar-refractivity contribution in [1.82, 2.24) is 5.32 Å². The second-order valence-electron chi connectivity index (χ2n) is 4.15. The van der Waals surface area contributed by atoms with E-state index in [-0.39, 0.29) is 12.5 Å². The zero-order valence-electron chi connectivity index (χ0n) is 11.3. The molecule has 0 unspecified atom stereocenters. The van der Waals surface area contributed by atoms with E-state index in [9.17, 15) is 4.79 Å². The summed E-state index contributed by atoms with van der Waals surface area (Å²) in [5.41, 5.74) is 0.868. The van der Waals surface area contributed by atoms with E-state index in [1.54, 1.807) is 36.6 Å². The van der Waals surface area contributed by atoms with Gasteiger partial charge in [-0.05, 0) is 35.9 Å². The maximum Gasteiger partial charge on any atom is 0.244 e. The van der Waals surface area contributed by atoms with Gasteiger partial charge in [-0.3, -0.25) is 4.79 Å². The lowest BCUT2D eigenvalue weighted by molar-refractivity contribution is -0.116. The number of nitrogens with zero attached hydrogens (tertiary/aromatic N) is 1. The molecule has 2 rings (SSSR count). The number of nitrogens with one attached hydrogen (secondary N) is 1. The second kappa shape index (κ2) is 7.56. The molecule has 1 aromatic carbocycles. The van der Waals surface area contributed by atoms with Gasteiger partial charge in [-0.25, -0.2) is 0 Å². The highest BCUT2D eigenvalue weighted by Crippen LogP contribution is 2.12. The first-order chi connectivity index (χ1) is 10.3. The molecule has 0 bridgehead atoms. The molecule has 1 aromatic heterocycles. The Morgan fingerprint density at radius 2 is 2.14 bits per heavy atom. The molecule has 0 spiro atoms. The lowest BCUT2D eigenvalue weighted by Crippen LogP contribution is -2.19. The van der Waals surface area contributed by atoms with Crippen LogP contribution in [0.3, 0.4) is 0 Å². The minimum absolute atomic E-state index is 0.0182. The Labute approximate surface area is 122 Å². The minimum atomic E-state index is -0.198. The summed E-state index contributed by atoms with van der Waals surface area (Å²) in [5, 5.41) is 11.1. The number of amides is 1. The van der Waals surface area contributed by atoms with Crippen molar-refractivity contribution in [2.45, 2.75) is 6.54 Å². The van der Waals surface area contributed by atoms with Gasteiger partial charge in [0.2, 0.25) is 5.91 Å². The van der Waals surface area contributed by atoms with Crippen LogP contribution < -0.4 is 10.1 Å². The molecule has 0 fully saturated rings. The molecule has 2 aromatic rings. The lowest BCUT2D eigenvalue weighted by Gasteiger charge is -2.01. The molecule has 0 aliphatic rings. The average molecular weight is 282 g/mol. The number of furan rings is 1. The predicted octanol–water partition coefficient (Wildman–Crippen LogP) is 2.51. The molecule has 0 aliphatic carbocycles. The Hall–Kier alpha value is -3.00. The molecule has 1 N–H and O–H groups in total. The molecular weight excluding hydrogens is 268 g/mol. The van der Waals surface area contributed by atoms with E-state index in [1.165, 1.54) is 6.08 Å². The predicted molar refractivity (Wildman–Crippen MR) is 77.1 cm³/mol. The third kappa shape index (κ3) is 4.88. The maximum absolute atomic E-state index is 11.6. The molecule has 0 saturated carbocycles. The average Bonchev–Trinajstić information content (AvgIpc) is 3.03. The monoisotopic (exact) mass is 282 g/mol. The highest BCUT2D eigenvalue weighted by Gasteiger charge is 1.98. The fourth-order valence-corrected chi connectivity index (χ4v) is 1.61. The standard InChI is InChI=1S/C16H14N2O3/c17-9-11-21-14-6-3-13(4-7-14)5-8-16(19)18-12-15-2-1-10-20-15/h1-8,10H,11-12H2,(H,18,19)/b8-5+. The van der Waals surface area contributed by atoms with Crippen molar-refractivity contribution in [1.29, 1.82) is 5.26 Å².